The highest BCUT2D eigenvalue weighted by Gasteiger charge is 2.41. The van der Waals surface area contributed by atoms with Crippen molar-refractivity contribution in [1.82, 2.24) is 34.4 Å². The zero-order chi connectivity index (χ0) is 42.5. The number of nitrogens with zero attached hydrogens (tertiary/aromatic N) is 8. The van der Waals surface area contributed by atoms with Crippen LogP contribution in [0.1, 0.15) is 60.1 Å². The molecular weight excluding hydrogens is 791 g/mol. The lowest BCUT2D eigenvalue weighted by atomic mass is 10.1. The minimum atomic E-state index is -1.61. The Morgan fingerprint density at radius 3 is 2.47 bits per heavy atom. The fourth-order valence-corrected chi connectivity index (χ4v) is 9.13. The number of piperidine rings is 1. The van der Waals surface area contributed by atoms with Crippen molar-refractivity contribution in [1.29, 1.82) is 0 Å². The summed E-state index contributed by atoms with van der Waals surface area (Å²) in [6, 6.07) is 13.5. The number of fused-ring (bicyclic) bond motifs is 1. The molecule has 19 nitrogen and oxygen atoms in total. The minimum Gasteiger partial charge on any atom is -0.416 e. The molecule has 20 heteroatoms. The number of H-pyrrole nitrogens is 1. The smallest absolute Gasteiger partial charge is 0.280 e. The van der Waals surface area contributed by atoms with Gasteiger partial charge in [0, 0.05) is 61.4 Å². The van der Waals surface area contributed by atoms with Gasteiger partial charge in [-0.15, -0.1) is 10.2 Å². The molecule has 7 rings (SSSR count). The summed E-state index contributed by atoms with van der Waals surface area (Å²) >= 11 is 0. The molecule has 5 aromatic rings. The quantitative estimate of drug-likeness (QED) is 0.0475. The first kappa shape index (κ1) is 42.8. The number of aromatic amines is 1. The molecule has 0 bridgehead atoms. The van der Waals surface area contributed by atoms with E-state index in [1.54, 1.807) is 22.8 Å². The van der Waals surface area contributed by atoms with Crippen molar-refractivity contribution in [2.75, 3.05) is 48.4 Å². The maximum absolute atomic E-state index is 13.4. The van der Waals surface area contributed by atoms with Crippen LogP contribution in [0.4, 0.5) is 23.0 Å². The number of aliphatic hydroxyl groups is 1. The number of rotatable bonds is 16. The molecule has 0 spiro atoms. The first-order chi connectivity index (χ1) is 28.9. The molecule has 6 N–H and O–H groups in total. The standard InChI is InChI=1S/C40H51N12O7P/c1-23(2)52(24(3)4)60(56-18-15-42-6)59-32-20-34(57-33(32)21-53)51-22-43-35-36(51)46-40(47-37(35)55)45-31-19-27(9-12-30(31)44-25(5)54)39-49-48-38(58-39)26-7-10-29(11-8-26)50-16-13-28(41)14-17-50/h7-12,19,22-24,28,32-34,53H,13-18,20-21,41H2,1-5H3,(H,44,54)(H2,45,46,47,55)/t32-,33-,34-,60?/m1/s1. The summed E-state index contributed by atoms with van der Waals surface area (Å²) in [7, 11) is -1.61. The number of amides is 1. The second-order valence-electron chi connectivity index (χ2n) is 15.3. The van der Waals surface area contributed by atoms with E-state index >= 15 is 0 Å². The first-order valence-corrected chi connectivity index (χ1v) is 21.1. The van der Waals surface area contributed by atoms with Crippen molar-refractivity contribution in [3.8, 4) is 22.9 Å². The van der Waals surface area contributed by atoms with E-state index in [2.05, 4.69) is 45.2 Å². The van der Waals surface area contributed by atoms with E-state index < -0.39 is 32.5 Å². The number of hydrogen-bond donors (Lipinski definition) is 5. The number of ether oxygens (including phenoxy) is 1. The van der Waals surface area contributed by atoms with Gasteiger partial charge in [0.25, 0.3) is 14.1 Å². The van der Waals surface area contributed by atoms with Crippen molar-refractivity contribution in [3.05, 3.63) is 70.6 Å². The Kier molecular flexibility index (Phi) is 13.5. The molecule has 2 fully saturated rings. The third-order valence-corrected chi connectivity index (χ3v) is 12.4. The zero-order valence-corrected chi connectivity index (χ0v) is 35.1. The van der Waals surface area contributed by atoms with Crippen LogP contribution in [0.5, 0.6) is 0 Å². The number of imidazole rings is 1. The van der Waals surface area contributed by atoms with E-state index in [0.29, 0.717) is 29.2 Å². The van der Waals surface area contributed by atoms with Gasteiger partial charge in [-0.2, -0.15) is 4.98 Å². The summed E-state index contributed by atoms with van der Waals surface area (Å²) in [5.41, 5.74) is 9.09. The van der Waals surface area contributed by atoms with Crippen molar-refractivity contribution < 1.29 is 28.1 Å². The van der Waals surface area contributed by atoms with E-state index in [9.17, 15) is 14.7 Å². The number of hydrogen-bond acceptors (Lipinski definition) is 15. The lowest BCUT2D eigenvalue weighted by Crippen LogP contribution is -2.39. The van der Waals surface area contributed by atoms with Gasteiger partial charge in [0.1, 0.15) is 18.9 Å². The zero-order valence-electron chi connectivity index (χ0n) is 34.2. The van der Waals surface area contributed by atoms with Gasteiger partial charge in [-0.25, -0.2) is 16.2 Å². The SMILES string of the molecule is [C-]#[N+]CCOP(O[C@@H]1C[C@H](n2cnc3c(=O)[nH]c(Nc4cc(-c5nnc(-c6ccc(N7CCC(N)CC7)cc6)o5)ccc4NC(C)=O)nc32)O[C@@H]1CO)N(C(C)C)C(C)C. The second-order valence-corrected chi connectivity index (χ2v) is 16.7. The Bertz CT molecular complexity index is 2340. The van der Waals surface area contributed by atoms with Gasteiger partial charge in [0.15, 0.2) is 11.2 Å². The van der Waals surface area contributed by atoms with Gasteiger partial charge >= 0.3 is 0 Å². The molecule has 2 aliphatic rings. The number of anilines is 4. The van der Waals surface area contributed by atoms with Gasteiger partial charge in [0.2, 0.25) is 30.2 Å². The Hall–Kier alpha value is -5.32. The Balaban J connectivity index is 1.12. The fourth-order valence-electron chi connectivity index (χ4n) is 7.38. The second kappa shape index (κ2) is 18.9. The van der Waals surface area contributed by atoms with Gasteiger partial charge in [-0.3, -0.25) is 19.1 Å². The summed E-state index contributed by atoms with van der Waals surface area (Å²) in [6.07, 6.45) is 1.68. The number of carbonyl (C=O) groups is 1. The van der Waals surface area contributed by atoms with E-state index in [1.165, 1.54) is 13.3 Å². The summed E-state index contributed by atoms with van der Waals surface area (Å²) < 4.78 is 28.8. The molecule has 2 saturated heterocycles. The van der Waals surface area contributed by atoms with Crippen molar-refractivity contribution in [2.24, 2.45) is 5.73 Å². The van der Waals surface area contributed by atoms with Crippen LogP contribution in [0, 0.1) is 6.57 Å². The minimum absolute atomic E-state index is 0.0609. The Morgan fingerprint density at radius 2 is 1.80 bits per heavy atom. The number of nitrogens with one attached hydrogen (secondary N) is 3. The van der Waals surface area contributed by atoms with Crippen LogP contribution in [0.2, 0.25) is 0 Å². The average Bonchev–Trinajstić information content (AvgIpc) is 3.98. The Labute approximate surface area is 348 Å². The van der Waals surface area contributed by atoms with E-state index in [-0.39, 0.29) is 66.8 Å². The normalized spacial score (nSPS) is 19.1. The molecule has 3 aromatic heterocycles. The van der Waals surface area contributed by atoms with Crippen LogP contribution in [-0.4, -0.2) is 109 Å². The Morgan fingerprint density at radius 1 is 1.10 bits per heavy atom. The first-order valence-electron chi connectivity index (χ1n) is 20.0. The average molecular weight is 843 g/mol. The third-order valence-electron chi connectivity index (χ3n) is 10.3. The number of aromatic nitrogens is 6. The largest absolute Gasteiger partial charge is 0.416 e. The van der Waals surface area contributed by atoms with Crippen LogP contribution >= 0.6 is 8.53 Å². The number of aliphatic hydroxyl groups excluding tert-OH is 1. The van der Waals surface area contributed by atoms with Crippen molar-refractivity contribution in [3.63, 3.8) is 0 Å². The molecule has 1 amide bonds. The molecule has 318 valence electrons. The molecule has 2 aliphatic heterocycles. The topological polar surface area (TPSA) is 228 Å². The third kappa shape index (κ3) is 9.66. The summed E-state index contributed by atoms with van der Waals surface area (Å²) in [5.74, 6) is 0.334. The van der Waals surface area contributed by atoms with Crippen LogP contribution in [-0.2, 0) is 18.6 Å². The summed E-state index contributed by atoms with van der Waals surface area (Å²) in [5, 5.41) is 24.9. The van der Waals surface area contributed by atoms with Gasteiger partial charge in [-0.1, -0.05) is 0 Å². The van der Waals surface area contributed by atoms with Crippen molar-refractivity contribution >= 4 is 48.6 Å². The molecule has 2 aromatic carbocycles. The van der Waals surface area contributed by atoms with Gasteiger partial charge < -0.3 is 49.4 Å². The molecule has 0 aliphatic carbocycles. The predicted molar refractivity (Wildman–Crippen MR) is 227 cm³/mol. The molecule has 0 saturated carbocycles. The molecule has 0 radical (unpaired) electrons. The number of benzene rings is 2. The number of carbonyl (C=O) groups excluding carboxylic acids is 1. The molecule has 1 unspecified atom stereocenters. The summed E-state index contributed by atoms with van der Waals surface area (Å²) in [6.45, 7) is 18.7. The van der Waals surface area contributed by atoms with Crippen LogP contribution < -0.4 is 26.8 Å². The molecule has 5 heterocycles. The van der Waals surface area contributed by atoms with E-state index in [0.717, 1.165) is 37.2 Å². The van der Waals surface area contributed by atoms with Crippen LogP contribution in [0.15, 0.2) is 58.0 Å². The summed E-state index contributed by atoms with van der Waals surface area (Å²) in [4.78, 5) is 43.2. The fraction of sp³-hybridized carbons (Fsp3) is 0.475. The maximum Gasteiger partial charge on any atom is 0.280 e. The van der Waals surface area contributed by atoms with Crippen LogP contribution in [0.3, 0.4) is 0 Å². The molecular formula is C40H51N12O7P. The van der Waals surface area contributed by atoms with Gasteiger partial charge in [-0.05, 0) is 83.0 Å². The number of nitrogens with two attached hydrogens (primary N) is 1. The van der Waals surface area contributed by atoms with Gasteiger partial charge in [0.05, 0.1) is 30.4 Å². The molecule has 4 atom stereocenters. The lowest BCUT2D eigenvalue weighted by molar-refractivity contribution is -0.114. The predicted octanol–water partition coefficient (Wildman–Crippen LogP) is 5.41. The van der Waals surface area contributed by atoms with Crippen LogP contribution in [0.25, 0.3) is 38.9 Å². The highest BCUT2D eigenvalue weighted by Crippen LogP contribution is 2.50. The monoisotopic (exact) mass is 842 g/mol. The highest BCUT2D eigenvalue weighted by molar-refractivity contribution is 7.44. The van der Waals surface area contributed by atoms with Crippen molar-refractivity contribution in [2.45, 2.75) is 90.4 Å². The maximum atomic E-state index is 13.4. The van der Waals surface area contributed by atoms with E-state index in [1.807, 2.05) is 52.0 Å². The molecule has 60 heavy (non-hydrogen) atoms. The van der Waals surface area contributed by atoms with E-state index in [4.69, 9.17) is 35.5 Å². The lowest BCUT2D eigenvalue weighted by Gasteiger charge is -2.37. The highest BCUT2D eigenvalue weighted by atomic mass is 31.2.